The fourth-order valence-corrected chi connectivity index (χ4v) is 4.97. The second kappa shape index (κ2) is 7.95. The summed E-state index contributed by atoms with van der Waals surface area (Å²) >= 11 is 9.36. The van der Waals surface area contributed by atoms with Gasteiger partial charge < -0.3 is 0 Å². The Morgan fingerprint density at radius 2 is 2.04 bits per heavy atom. The highest BCUT2D eigenvalue weighted by molar-refractivity contribution is 7.16. The van der Waals surface area contributed by atoms with Crippen LogP contribution in [0.2, 0.25) is 5.02 Å². The first-order valence-corrected chi connectivity index (χ1v) is 10.7. The second-order valence-electron chi connectivity index (χ2n) is 6.40. The third-order valence-corrected chi connectivity index (χ3v) is 6.47. The number of hydrogen-bond acceptors (Lipinski definition) is 6. The summed E-state index contributed by atoms with van der Waals surface area (Å²) in [6.07, 6.45) is 3.86. The average molecular weight is 429 g/mol. The van der Waals surface area contributed by atoms with Crippen LogP contribution in [0.1, 0.15) is 15.7 Å². The van der Waals surface area contributed by atoms with E-state index in [1.54, 1.807) is 22.2 Å². The molecule has 5 nitrogen and oxygen atoms in total. The molecule has 0 spiro atoms. The zero-order valence-electron chi connectivity index (χ0n) is 15.3. The molecule has 0 bridgehead atoms. The highest BCUT2D eigenvalue weighted by atomic mass is 35.5. The molecule has 4 aromatic rings. The van der Waals surface area contributed by atoms with Crippen molar-refractivity contribution in [3.05, 3.63) is 62.8 Å². The first kappa shape index (κ1) is 19.0. The van der Waals surface area contributed by atoms with Crippen LogP contribution in [0.15, 0.2) is 42.0 Å². The molecule has 0 aliphatic carbocycles. The van der Waals surface area contributed by atoms with E-state index in [0.29, 0.717) is 11.4 Å². The highest BCUT2D eigenvalue weighted by Crippen LogP contribution is 2.31. The quantitative estimate of drug-likeness (QED) is 0.422. The first-order valence-electron chi connectivity index (χ1n) is 8.67. The van der Waals surface area contributed by atoms with Gasteiger partial charge in [0.25, 0.3) is 0 Å². The first-order chi connectivity index (χ1) is 13.5. The fraction of sp³-hybridized carbons (Fsp3) is 0.200. The van der Waals surface area contributed by atoms with Crippen molar-refractivity contribution >= 4 is 40.1 Å². The van der Waals surface area contributed by atoms with Crippen LogP contribution in [0, 0.1) is 13.8 Å². The standard InChI is InChI=1S/C20H17ClN4OS2/c1-12-20(28-13(2)23-12)18-11-27-19(24-18)7-15(26)10-25-9-14(8-22-25)16-5-3-4-6-17(16)21/h3-6,8-9,11H,7,10H2,1-2H3. The van der Waals surface area contributed by atoms with Crippen molar-refractivity contribution in [2.24, 2.45) is 0 Å². The lowest BCUT2D eigenvalue weighted by molar-refractivity contribution is -0.119. The smallest absolute Gasteiger partial charge is 0.161 e. The maximum absolute atomic E-state index is 12.5. The van der Waals surface area contributed by atoms with E-state index < -0.39 is 0 Å². The Hall–Kier alpha value is -2.35. The van der Waals surface area contributed by atoms with E-state index in [0.717, 1.165) is 37.4 Å². The molecule has 0 fully saturated rings. The number of benzene rings is 1. The van der Waals surface area contributed by atoms with Crippen molar-refractivity contribution in [1.29, 1.82) is 0 Å². The monoisotopic (exact) mass is 428 g/mol. The van der Waals surface area contributed by atoms with E-state index >= 15 is 0 Å². The molecular weight excluding hydrogens is 412 g/mol. The molecule has 0 amide bonds. The van der Waals surface area contributed by atoms with E-state index in [1.165, 1.54) is 11.3 Å². The number of aryl methyl sites for hydroxylation is 2. The summed E-state index contributed by atoms with van der Waals surface area (Å²) < 4.78 is 1.65. The summed E-state index contributed by atoms with van der Waals surface area (Å²) in [6.45, 7) is 4.17. The molecule has 142 valence electrons. The normalized spacial score (nSPS) is 11.1. The number of Topliss-reactive ketones (excluding diaryl/α,β-unsaturated/α-hetero) is 1. The average Bonchev–Trinajstić information content (AvgIpc) is 3.36. The zero-order valence-corrected chi connectivity index (χ0v) is 17.7. The second-order valence-corrected chi connectivity index (χ2v) is 8.95. The number of aromatic nitrogens is 4. The number of ketones is 1. The summed E-state index contributed by atoms with van der Waals surface area (Å²) in [5, 5.41) is 8.78. The molecule has 0 aliphatic heterocycles. The Labute approximate surface area is 175 Å². The Balaban J connectivity index is 1.43. The van der Waals surface area contributed by atoms with Crippen LogP contribution < -0.4 is 0 Å². The number of rotatable bonds is 6. The Kier molecular flexibility index (Phi) is 5.39. The minimum Gasteiger partial charge on any atom is -0.297 e. The van der Waals surface area contributed by atoms with E-state index in [2.05, 4.69) is 15.1 Å². The van der Waals surface area contributed by atoms with Gasteiger partial charge >= 0.3 is 0 Å². The predicted octanol–water partition coefficient (Wildman–Crippen LogP) is 5.21. The van der Waals surface area contributed by atoms with Gasteiger partial charge in [0, 0.05) is 27.7 Å². The Bertz CT molecular complexity index is 1140. The van der Waals surface area contributed by atoms with Crippen LogP contribution in [0.5, 0.6) is 0 Å². The Morgan fingerprint density at radius 3 is 2.79 bits per heavy atom. The fourth-order valence-electron chi connectivity index (χ4n) is 2.96. The van der Waals surface area contributed by atoms with E-state index in [-0.39, 0.29) is 12.3 Å². The molecule has 28 heavy (non-hydrogen) atoms. The van der Waals surface area contributed by atoms with Crippen LogP contribution in [-0.2, 0) is 17.8 Å². The van der Waals surface area contributed by atoms with Crippen LogP contribution in [0.3, 0.4) is 0 Å². The molecular formula is C20H17ClN4OS2. The number of thiazole rings is 2. The lowest BCUT2D eigenvalue weighted by Crippen LogP contribution is -2.12. The van der Waals surface area contributed by atoms with Gasteiger partial charge in [0.1, 0.15) is 5.01 Å². The number of carbonyl (C=O) groups is 1. The zero-order chi connectivity index (χ0) is 19.7. The van der Waals surface area contributed by atoms with Gasteiger partial charge in [-0.3, -0.25) is 9.48 Å². The molecule has 8 heteroatoms. The SMILES string of the molecule is Cc1nc(C)c(-c2csc(CC(=O)Cn3cc(-c4ccccc4Cl)cn3)n2)s1. The molecule has 4 rings (SSSR count). The molecule has 0 unspecified atom stereocenters. The topological polar surface area (TPSA) is 60.7 Å². The molecule has 0 radical (unpaired) electrons. The van der Waals surface area contributed by atoms with Crippen LogP contribution in [0.4, 0.5) is 0 Å². The minimum absolute atomic E-state index is 0.0620. The summed E-state index contributed by atoms with van der Waals surface area (Å²) in [6, 6.07) is 7.59. The van der Waals surface area contributed by atoms with Crippen molar-refractivity contribution in [2.45, 2.75) is 26.8 Å². The summed E-state index contributed by atoms with van der Waals surface area (Å²) in [5.41, 5.74) is 3.68. The third-order valence-electron chi connectivity index (χ3n) is 4.19. The molecule has 0 saturated carbocycles. The Morgan fingerprint density at radius 1 is 1.21 bits per heavy atom. The molecule has 0 atom stereocenters. The highest BCUT2D eigenvalue weighted by Gasteiger charge is 2.14. The molecule has 0 N–H and O–H groups in total. The van der Waals surface area contributed by atoms with Gasteiger partial charge in [0.15, 0.2) is 5.78 Å². The lowest BCUT2D eigenvalue weighted by atomic mass is 10.1. The lowest BCUT2D eigenvalue weighted by Gasteiger charge is -2.01. The maximum atomic E-state index is 12.5. The molecule has 1 aromatic carbocycles. The third kappa shape index (κ3) is 4.06. The molecule has 3 aromatic heterocycles. The van der Waals surface area contributed by atoms with Crippen molar-refractivity contribution < 1.29 is 4.79 Å². The van der Waals surface area contributed by atoms with Crippen molar-refractivity contribution in [2.75, 3.05) is 0 Å². The predicted molar refractivity (Wildman–Crippen MR) is 114 cm³/mol. The number of halogens is 1. The number of carbonyl (C=O) groups excluding carboxylic acids is 1. The van der Waals surface area contributed by atoms with Gasteiger partial charge in [0.05, 0.1) is 40.4 Å². The summed E-state index contributed by atoms with van der Waals surface area (Å²) in [7, 11) is 0. The number of nitrogens with zero attached hydrogens (tertiary/aromatic N) is 4. The van der Waals surface area contributed by atoms with Crippen LogP contribution >= 0.6 is 34.3 Å². The van der Waals surface area contributed by atoms with Gasteiger partial charge in [-0.15, -0.1) is 22.7 Å². The van der Waals surface area contributed by atoms with Crippen molar-refractivity contribution in [3.8, 4) is 21.7 Å². The van der Waals surface area contributed by atoms with Gasteiger partial charge in [0.2, 0.25) is 0 Å². The molecule has 3 heterocycles. The molecule has 0 aliphatic rings. The van der Waals surface area contributed by atoms with E-state index in [1.807, 2.05) is 49.7 Å². The van der Waals surface area contributed by atoms with Crippen LogP contribution in [0.25, 0.3) is 21.7 Å². The van der Waals surface area contributed by atoms with Gasteiger partial charge in [-0.05, 0) is 19.9 Å². The number of hydrogen-bond donors (Lipinski definition) is 0. The summed E-state index contributed by atoms with van der Waals surface area (Å²) in [5.74, 6) is 0.0620. The van der Waals surface area contributed by atoms with E-state index in [9.17, 15) is 4.79 Å². The van der Waals surface area contributed by atoms with Gasteiger partial charge in [-0.2, -0.15) is 5.10 Å². The van der Waals surface area contributed by atoms with Crippen LogP contribution in [-0.4, -0.2) is 25.5 Å². The summed E-state index contributed by atoms with van der Waals surface area (Å²) in [4.78, 5) is 22.6. The minimum atomic E-state index is 0.0620. The van der Waals surface area contributed by atoms with Crippen molar-refractivity contribution in [3.63, 3.8) is 0 Å². The van der Waals surface area contributed by atoms with Gasteiger partial charge in [-0.1, -0.05) is 29.8 Å². The van der Waals surface area contributed by atoms with Crippen molar-refractivity contribution in [1.82, 2.24) is 19.7 Å². The van der Waals surface area contributed by atoms with E-state index in [4.69, 9.17) is 11.6 Å². The maximum Gasteiger partial charge on any atom is 0.161 e. The molecule has 0 saturated heterocycles. The van der Waals surface area contributed by atoms with Gasteiger partial charge in [-0.25, -0.2) is 9.97 Å². The largest absolute Gasteiger partial charge is 0.297 e.